The molecule has 0 aliphatic carbocycles. The number of hydrogen-bond donors (Lipinski definition) is 2. The summed E-state index contributed by atoms with van der Waals surface area (Å²) in [6, 6.07) is 11.5. The molecule has 110 valence electrons. The standard InChI is InChI=1S/C18H20O3/c1-11(2)18-15(19)8-13(9-16(18)20)14-7-12-5-3-4-6-17(12)21-10-14/h3-6,8-9,11,14,19-20H,7,10H2,1-2H3. The minimum absolute atomic E-state index is 0.0855. The van der Waals surface area contributed by atoms with E-state index in [1.54, 1.807) is 12.1 Å². The van der Waals surface area contributed by atoms with E-state index in [0.29, 0.717) is 12.2 Å². The van der Waals surface area contributed by atoms with Crippen molar-refractivity contribution in [2.24, 2.45) is 0 Å². The molecule has 1 heterocycles. The average molecular weight is 284 g/mol. The summed E-state index contributed by atoms with van der Waals surface area (Å²) in [7, 11) is 0. The minimum Gasteiger partial charge on any atom is -0.508 e. The highest BCUT2D eigenvalue weighted by atomic mass is 16.5. The normalized spacial score (nSPS) is 17.4. The Morgan fingerprint density at radius 2 is 1.76 bits per heavy atom. The van der Waals surface area contributed by atoms with Crippen LogP contribution in [0.4, 0.5) is 0 Å². The smallest absolute Gasteiger partial charge is 0.123 e. The zero-order valence-electron chi connectivity index (χ0n) is 12.3. The summed E-state index contributed by atoms with van der Waals surface area (Å²) in [6.45, 7) is 4.47. The van der Waals surface area contributed by atoms with Gasteiger partial charge in [-0.1, -0.05) is 32.0 Å². The fourth-order valence-corrected chi connectivity index (χ4v) is 3.01. The van der Waals surface area contributed by atoms with Gasteiger partial charge in [0.25, 0.3) is 0 Å². The third-order valence-corrected chi connectivity index (χ3v) is 4.09. The van der Waals surface area contributed by atoms with Crippen LogP contribution in [0.1, 0.15) is 42.4 Å². The Morgan fingerprint density at radius 1 is 1.10 bits per heavy atom. The summed E-state index contributed by atoms with van der Waals surface area (Å²) < 4.78 is 5.78. The Kier molecular flexibility index (Phi) is 3.50. The predicted molar refractivity (Wildman–Crippen MR) is 82.2 cm³/mol. The highest BCUT2D eigenvalue weighted by Gasteiger charge is 2.23. The second kappa shape index (κ2) is 5.32. The average Bonchev–Trinajstić information content (AvgIpc) is 2.45. The number of benzene rings is 2. The van der Waals surface area contributed by atoms with E-state index >= 15 is 0 Å². The number of ether oxygens (including phenoxy) is 1. The molecule has 3 heteroatoms. The van der Waals surface area contributed by atoms with E-state index in [-0.39, 0.29) is 23.3 Å². The van der Waals surface area contributed by atoms with Crippen molar-refractivity contribution in [3.05, 3.63) is 53.1 Å². The fraction of sp³-hybridized carbons (Fsp3) is 0.333. The lowest BCUT2D eigenvalue weighted by molar-refractivity contribution is 0.262. The quantitative estimate of drug-likeness (QED) is 0.878. The van der Waals surface area contributed by atoms with Gasteiger partial charge in [-0.2, -0.15) is 0 Å². The van der Waals surface area contributed by atoms with Crippen LogP contribution in [0.2, 0.25) is 0 Å². The van der Waals surface area contributed by atoms with Gasteiger partial charge in [-0.3, -0.25) is 0 Å². The molecule has 0 bridgehead atoms. The van der Waals surface area contributed by atoms with Gasteiger partial charge in [-0.05, 0) is 41.7 Å². The molecule has 3 nitrogen and oxygen atoms in total. The van der Waals surface area contributed by atoms with Crippen LogP contribution in [0.25, 0.3) is 0 Å². The summed E-state index contributed by atoms with van der Waals surface area (Å²) in [5, 5.41) is 20.3. The van der Waals surface area contributed by atoms with Crippen LogP contribution in [-0.2, 0) is 6.42 Å². The van der Waals surface area contributed by atoms with Gasteiger partial charge in [-0.25, -0.2) is 0 Å². The second-order valence-electron chi connectivity index (χ2n) is 5.95. The van der Waals surface area contributed by atoms with Crippen LogP contribution in [-0.4, -0.2) is 16.8 Å². The molecule has 0 amide bonds. The maximum Gasteiger partial charge on any atom is 0.123 e. The van der Waals surface area contributed by atoms with Gasteiger partial charge >= 0.3 is 0 Å². The first-order chi connectivity index (χ1) is 10.1. The number of phenolic OH excluding ortho intramolecular Hbond substituents is 2. The first kappa shape index (κ1) is 13.8. The SMILES string of the molecule is CC(C)c1c(O)cc(C2COc3ccccc3C2)cc1O. The highest BCUT2D eigenvalue weighted by Crippen LogP contribution is 2.39. The summed E-state index contributed by atoms with van der Waals surface area (Å²) in [4.78, 5) is 0. The van der Waals surface area contributed by atoms with Crippen LogP contribution in [0.15, 0.2) is 36.4 Å². The van der Waals surface area contributed by atoms with Crippen LogP contribution in [0, 0.1) is 0 Å². The van der Waals surface area contributed by atoms with E-state index in [0.717, 1.165) is 17.7 Å². The van der Waals surface area contributed by atoms with E-state index in [2.05, 4.69) is 6.07 Å². The van der Waals surface area contributed by atoms with Gasteiger partial charge in [0.15, 0.2) is 0 Å². The lowest BCUT2D eigenvalue weighted by atomic mass is 9.88. The van der Waals surface area contributed by atoms with Crippen LogP contribution < -0.4 is 4.74 Å². The zero-order valence-corrected chi connectivity index (χ0v) is 12.3. The van der Waals surface area contributed by atoms with E-state index in [4.69, 9.17) is 4.74 Å². The van der Waals surface area contributed by atoms with Gasteiger partial charge in [0, 0.05) is 11.5 Å². The predicted octanol–water partition coefficient (Wildman–Crippen LogP) is 3.94. The molecule has 1 atom stereocenters. The van der Waals surface area contributed by atoms with Crippen LogP contribution >= 0.6 is 0 Å². The van der Waals surface area contributed by atoms with Crippen molar-refractivity contribution in [3.8, 4) is 17.2 Å². The molecule has 2 aromatic rings. The number of phenols is 2. The molecule has 2 aromatic carbocycles. The molecule has 3 rings (SSSR count). The molecule has 0 radical (unpaired) electrons. The van der Waals surface area contributed by atoms with Crippen molar-refractivity contribution in [1.82, 2.24) is 0 Å². The topological polar surface area (TPSA) is 49.7 Å². The molecule has 0 spiro atoms. The van der Waals surface area contributed by atoms with E-state index in [1.807, 2.05) is 32.0 Å². The van der Waals surface area contributed by atoms with E-state index < -0.39 is 0 Å². The Hall–Kier alpha value is -2.16. The van der Waals surface area contributed by atoms with E-state index in [9.17, 15) is 10.2 Å². The maximum atomic E-state index is 10.2. The Balaban J connectivity index is 1.92. The third kappa shape index (κ3) is 2.56. The van der Waals surface area contributed by atoms with Crippen molar-refractivity contribution in [1.29, 1.82) is 0 Å². The maximum absolute atomic E-state index is 10.2. The number of rotatable bonds is 2. The molecule has 0 saturated heterocycles. The van der Waals surface area contributed by atoms with Crippen molar-refractivity contribution in [2.75, 3.05) is 6.61 Å². The largest absolute Gasteiger partial charge is 0.508 e. The molecular formula is C18H20O3. The molecule has 2 N–H and O–H groups in total. The second-order valence-corrected chi connectivity index (χ2v) is 5.95. The van der Waals surface area contributed by atoms with Gasteiger partial charge in [0.1, 0.15) is 17.2 Å². The zero-order chi connectivity index (χ0) is 15.0. The van der Waals surface area contributed by atoms with Crippen molar-refractivity contribution >= 4 is 0 Å². The number of aromatic hydroxyl groups is 2. The summed E-state index contributed by atoms with van der Waals surface area (Å²) in [5.74, 6) is 1.50. The van der Waals surface area contributed by atoms with Crippen LogP contribution in [0.3, 0.4) is 0 Å². The first-order valence-corrected chi connectivity index (χ1v) is 7.32. The summed E-state index contributed by atoms with van der Waals surface area (Å²) in [6.07, 6.45) is 0.857. The number of para-hydroxylation sites is 1. The third-order valence-electron chi connectivity index (χ3n) is 4.09. The van der Waals surface area contributed by atoms with Crippen LogP contribution in [0.5, 0.6) is 17.2 Å². The molecule has 1 aliphatic rings. The lowest BCUT2D eigenvalue weighted by Gasteiger charge is -2.26. The minimum atomic E-state index is 0.0855. The molecule has 1 unspecified atom stereocenters. The lowest BCUT2D eigenvalue weighted by Crippen LogP contribution is -2.19. The molecular weight excluding hydrogens is 264 g/mol. The Labute approximate surface area is 124 Å². The van der Waals surface area contributed by atoms with Gasteiger partial charge in [0.05, 0.1) is 6.61 Å². The molecule has 0 fully saturated rings. The fourth-order valence-electron chi connectivity index (χ4n) is 3.01. The molecule has 1 aliphatic heterocycles. The Morgan fingerprint density at radius 3 is 2.43 bits per heavy atom. The van der Waals surface area contributed by atoms with Gasteiger partial charge < -0.3 is 14.9 Å². The molecule has 0 saturated carbocycles. The van der Waals surface area contributed by atoms with Gasteiger partial charge in [-0.15, -0.1) is 0 Å². The monoisotopic (exact) mass is 284 g/mol. The van der Waals surface area contributed by atoms with Crippen molar-refractivity contribution < 1.29 is 14.9 Å². The van der Waals surface area contributed by atoms with E-state index in [1.165, 1.54) is 5.56 Å². The van der Waals surface area contributed by atoms with Crippen molar-refractivity contribution in [2.45, 2.75) is 32.1 Å². The highest BCUT2D eigenvalue weighted by molar-refractivity contribution is 5.50. The van der Waals surface area contributed by atoms with Gasteiger partial charge in [0.2, 0.25) is 0 Å². The number of hydrogen-bond acceptors (Lipinski definition) is 3. The number of fused-ring (bicyclic) bond motifs is 1. The molecule has 0 aromatic heterocycles. The van der Waals surface area contributed by atoms with Crippen molar-refractivity contribution in [3.63, 3.8) is 0 Å². The summed E-state index contributed by atoms with van der Waals surface area (Å²) in [5.41, 5.74) is 2.69. The Bertz CT molecular complexity index is 638. The summed E-state index contributed by atoms with van der Waals surface area (Å²) >= 11 is 0. The molecule has 21 heavy (non-hydrogen) atoms. The first-order valence-electron chi connectivity index (χ1n) is 7.32.